The van der Waals surface area contributed by atoms with Crippen molar-refractivity contribution in [1.29, 1.82) is 0 Å². The van der Waals surface area contributed by atoms with Gasteiger partial charge in [0.15, 0.2) is 0 Å². The van der Waals surface area contributed by atoms with Crippen LogP contribution < -0.4 is 5.32 Å². The van der Waals surface area contributed by atoms with E-state index in [0.29, 0.717) is 11.6 Å². The summed E-state index contributed by atoms with van der Waals surface area (Å²) in [6, 6.07) is 8.85. The molecule has 0 saturated carbocycles. The molecule has 6 heteroatoms. The Hall–Kier alpha value is -1.43. The molecule has 0 amide bonds. The maximum atomic E-state index is 10.8. The predicted molar refractivity (Wildman–Crippen MR) is 82.4 cm³/mol. The number of benzene rings is 1. The summed E-state index contributed by atoms with van der Waals surface area (Å²) in [4.78, 5) is 12.9. The van der Waals surface area contributed by atoms with Gasteiger partial charge >= 0.3 is 0 Å². The molecule has 1 aromatic heterocycles. The highest BCUT2D eigenvalue weighted by Crippen LogP contribution is 2.25. The van der Waals surface area contributed by atoms with Crippen molar-refractivity contribution in [2.75, 3.05) is 0 Å². The number of hydrogen-bond donors (Lipinski definition) is 1. The van der Waals surface area contributed by atoms with Gasteiger partial charge in [0, 0.05) is 39.5 Å². The Morgan fingerprint density at radius 3 is 2.75 bits per heavy atom. The minimum atomic E-state index is -0.411. The normalized spacial score (nSPS) is 12.3. The van der Waals surface area contributed by atoms with Crippen LogP contribution in [0.3, 0.4) is 0 Å². The van der Waals surface area contributed by atoms with Gasteiger partial charge in [-0.25, -0.2) is 0 Å². The fourth-order valence-electron chi connectivity index (χ4n) is 1.86. The number of non-ortho nitro benzene ring substituents is 1. The van der Waals surface area contributed by atoms with E-state index in [4.69, 9.17) is 11.6 Å². The molecule has 1 aromatic carbocycles. The van der Waals surface area contributed by atoms with Gasteiger partial charge in [-0.2, -0.15) is 0 Å². The van der Waals surface area contributed by atoms with Crippen LogP contribution >= 0.6 is 22.9 Å². The third-order valence-corrected chi connectivity index (χ3v) is 4.58. The highest BCUT2D eigenvalue weighted by atomic mass is 35.5. The number of rotatable bonds is 5. The van der Waals surface area contributed by atoms with E-state index in [9.17, 15) is 10.1 Å². The molecule has 1 N–H and O–H groups in total. The average Bonchev–Trinajstić information content (AvgIpc) is 2.84. The molecule has 0 aliphatic carbocycles. The van der Waals surface area contributed by atoms with E-state index in [1.54, 1.807) is 17.4 Å². The van der Waals surface area contributed by atoms with Crippen LogP contribution in [0.15, 0.2) is 30.3 Å². The summed E-state index contributed by atoms with van der Waals surface area (Å²) < 4.78 is 0. The Morgan fingerprint density at radius 2 is 2.15 bits per heavy atom. The SMILES string of the molecule is Cc1ccc(C(C)NCc2cc([N+](=O)[O-])ccc2Cl)s1. The second-order valence-corrected chi connectivity index (χ2v) is 6.31. The fourth-order valence-corrected chi connectivity index (χ4v) is 2.95. The summed E-state index contributed by atoms with van der Waals surface area (Å²) in [7, 11) is 0. The summed E-state index contributed by atoms with van der Waals surface area (Å²) in [6.07, 6.45) is 0. The lowest BCUT2D eigenvalue weighted by molar-refractivity contribution is -0.384. The molecule has 2 aromatic rings. The lowest BCUT2D eigenvalue weighted by Crippen LogP contribution is -2.17. The maximum Gasteiger partial charge on any atom is 0.269 e. The number of halogens is 1. The topological polar surface area (TPSA) is 55.2 Å². The highest BCUT2D eigenvalue weighted by molar-refractivity contribution is 7.12. The average molecular weight is 311 g/mol. The van der Waals surface area contributed by atoms with Gasteiger partial charge < -0.3 is 5.32 Å². The molecule has 0 radical (unpaired) electrons. The number of nitrogens with one attached hydrogen (secondary N) is 1. The monoisotopic (exact) mass is 310 g/mol. The summed E-state index contributed by atoms with van der Waals surface area (Å²) >= 11 is 7.81. The van der Waals surface area contributed by atoms with Crippen LogP contribution in [-0.4, -0.2) is 4.92 Å². The van der Waals surface area contributed by atoms with Crippen molar-refractivity contribution >= 4 is 28.6 Å². The molecule has 0 aliphatic heterocycles. The zero-order valence-electron chi connectivity index (χ0n) is 11.2. The molecule has 106 valence electrons. The third-order valence-electron chi connectivity index (χ3n) is 3.03. The van der Waals surface area contributed by atoms with Crippen molar-refractivity contribution in [3.8, 4) is 0 Å². The quantitative estimate of drug-likeness (QED) is 0.655. The lowest BCUT2D eigenvalue weighted by atomic mass is 10.2. The molecule has 1 unspecified atom stereocenters. The van der Waals surface area contributed by atoms with Crippen molar-refractivity contribution < 1.29 is 4.92 Å². The Balaban J connectivity index is 2.06. The number of nitro groups is 1. The molecular weight excluding hydrogens is 296 g/mol. The minimum Gasteiger partial charge on any atom is -0.305 e. The van der Waals surface area contributed by atoms with Gasteiger partial charge in [-0.3, -0.25) is 10.1 Å². The molecule has 0 fully saturated rings. The highest BCUT2D eigenvalue weighted by Gasteiger charge is 2.12. The molecular formula is C14H15ClN2O2S. The fraction of sp³-hybridized carbons (Fsp3) is 0.286. The number of hydrogen-bond acceptors (Lipinski definition) is 4. The summed E-state index contributed by atoms with van der Waals surface area (Å²) in [6.45, 7) is 4.63. The number of nitro benzene ring substituents is 1. The Morgan fingerprint density at radius 1 is 1.40 bits per heavy atom. The first-order valence-corrected chi connectivity index (χ1v) is 7.39. The van der Waals surface area contributed by atoms with Crippen LogP contribution in [0.25, 0.3) is 0 Å². The zero-order valence-corrected chi connectivity index (χ0v) is 12.8. The van der Waals surface area contributed by atoms with E-state index >= 15 is 0 Å². The van der Waals surface area contributed by atoms with Crippen LogP contribution in [0.1, 0.15) is 28.3 Å². The van der Waals surface area contributed by atoms with E-state index in [1.807, 2.05) is 0 Å². The lowest BCUT2D eigenvalue weighted by Gasteiger charge is -2.13. The maximum absolute atomic E-state index is 10.8. The van der Waals surface area contributed by atoms with Gasteiger partial charge in [0.1, 0.15) is 0 Å². The molecule has 0 bridgehead atoms. The van der Waals surface area contributed by atoms with Crippen LogP contribution in [0.2, 0.25) is 5.02 Å². The first kappa shape index (κ1) is 15.0. The van der Waals surface area contributed by atoms with Gasteiger partial charge in [0.2, 0.25) is 0 Å². The van der Waals surface area contributed by atoms with Crippen LogP contribution in [0.4, 0.5) is 5.69 Å². The van der Waals surface area contributed by atoms with Crippen LogP contribution in [-0.2, 0) is 6.54 Å². The molecule has 0 saturated heterocycles. The van der Waals surface area contributed by atoms with Gasteiger partial charge in [-0.15, -0.1) is 11.3 Å². The van der Waals surface area contributed by atoms with Crippen molar-refractivity contribution in [2.45, 2.75) is 26.4 Å². The van der Waals surface area contributed by atoms with E-state index in [0.717, 1.165) is 5.56 Å². The molecule has 1 atom stereocenters. The zero-order chi connectivity index (χ0) is 14.7. The van der Waals surface area contributed by atoms with Gasteiger partial charge in [0.05, 0.1) is 4.92 Å². The summed E-state index contributed by atoms with van der Waals surface area (Å²) in [5, 5.41) is 14.6. The second-order valence-electron chi connectivity index (χ2n) is 4.58. The first-order chi connectivity index (χ1) is 9.47. The minimum absolute atomic E-state index is 0.0609. The predicted octanol–water partition coefficient (Wildman–Crippen LogP) is 4.47. The van der Waals surface area contributed by atoms with Crippen molar-refractivity contribution in [3.63, 3.8) is 0 Å². The van der Waals surface area contributed by atoms with Gasteiger partial charge in [-0.05, 0) is 37.6 Å². The molecule has 20 heavy (non-hydrogen) atoms. The Bertz CT molecular complexity index is 627. The van der Waals surface area contributed by atoms with E-state index in [1.165, 1.54) is 21.9 Å². The van der Waals surface area contributed by atoms with E-state index in [-0.39, 0.29) is 11.7 Å². The van der Waals surface area contributed by atoms with Crippen molar-refractivity contribution in [1.82, 2.24) is 5.32 Å². The smallest absolute Gasteiger partial charge is 0.269 e. The molecule has 1 heterocycles. The first-order valence-electron chi connectivity index (χ1n) is 6.20. The molecule has 0 spiro atoms. The number of nitrogens with zero attached hydrogens (tertiary/aromatic N) is 1. The van der Waals surface area contributed by atoms with Crippen molar-refractivity contribution in [3.05, 3.63) is 60.8 Å². The molecule has 0 aliphatic rings. The largest absolute Gasteiger partial charge is 0.305 e. The van der Waals surface area contributed by atoms with Crippen molar-refractivity contribution in [2.24, 2.45) is 0 Å². The number of thiophene rings is 1. The van der Waals surface area contributed by atoms with Gasteiger partial charge in [0.25, 0.3) is 5.69 Å². The van der Waals surface area contributed by atoms with E-state index in [2.05, 4.69) is 31.3 Å². The second kappa shape index (κ2) is 6.35. The molecule has 4 nitrogen and oxygen atoms in total. The Kier molecular flexibility index (Phi) is 4.75. The summed E-state index contributed by atoms with van der Waals surface area (Å²) in [5.74, 6) is 0. The molecule has 2 rings (SSSR count). The Labute approximate surface area is 126 Å². The van der Waals surface area contributed by atoms with Gasteiger partial charge in [-0.1, -0.05) is 11.6 Å². The number of aryl methyl sites for hydroxylation is 1. The third kappa shape index (κ3) is 3.56. The summed E-state index contributed by atoms with van der Waals surface area (Å²) in [5.41, 5.74) is 0.798. The standard InChI is InChI=1S/C14H15ClN2O2S/c1-9-3-6-14(20-9)10(2)16-8-11-7-12(17(18)19)4-5-13(11)15/h3-7,10,16H,8H2,1-2H3. The van der Waals surface area contributed by atoms with E-state index < -0.39 is 4.92 Å². The van der Waals surface area contributed by atoms with Crippen LogP contribution in [0, 0.1) is 17.0 Å². The van der Waals surface area contributed by atoms with Crippen LogP contribution in [0.5, 0.6) is 0 Å².